The van der Waals surface area contributed by atoms with Gasteiger partial charge in [0.2, 0.25) is 5.91 Å². The Labute approximate surface area is 91.8 Å². The lowest BCUT2D eigenvalue weighted by molar-refractivity contribution is -0.120. The first-order chi connectivity index (χ1) is 7.03. The van der Waals surface area contributed by atoms with Gasteiger partial charge < -0.3 is 15.4 Å². The van der Waals surface area contributed by atoms with E-state index in [9.17, 15) is 4.79 Å². The highest BCUT2D eigenvalue weighted by molar-refractivity contribution is 5.75. The number of carbonyl (C=O) groups is 1. The Bertz CT molecular complexity index is 217. The highest BCUT2D eigenvalue weighted by Gasteiger charge is 2.28. The molecule has 2 N–H and O–H groups in total. The molecule has 1 aliphatic heterocycles. The van der Waals surface area contributed by atoms with E-state index in [0.29, 0.717) is 12.5 Å². The average molecular weight is 214 g/mol. The molecule has 1 aliphatic rings. The quantitative estimate of drug-likeness (QED) is 0.723. The lowest BCUT2D eigenvalue weighted by Crippen LogP contribution is -2.44. The van der Waals surface area contributed by atoms with Crippen LogP contribution in [0.4, 0.5) is 0 Å². The standard InChI is InChI=1S/C11H22N2O2/c1-11(2)8-9(5-7-15-11)13-6-4-10(14)12-3/h9,13H,4-8H2,1-3H3,(H,12,14). The monoisotopic (exact) mass is 214 g/mol. The van der Waals surface area contributed by atoms with E-state index in [1.165, 1.54) is 0 Å². The number of carbonyl (C=O) groups excluding carboxylic acids is 1. The van der Waals surface area contributed by atoms with Crippen LogP contribution < -0.4 is 10.6 Å². The number of ether oxygens (including phenoxy) is 1. The van der Waals surface area contributed by atoms with Crippen molar-refractivity contribution in [2.45, 2.75) is 44.8 Å². The summed E-state index contributed by atoms with van der Waals surface area (Å²) in [5.74, 6) is 0.0915. The van der Waals surface area contributed by atoms with Gasteiger partial charge in [-0.05, 0) is 26.7 Å². The van der Waals surface area contributed by atoms with Crippen molar-refractivity contribution in [3.05, 3.63) is 0 Å². The number of nitrogens with one attached hydrogen (secondary N) is 2. The van der Waals surface area contributed by atoms with Gasteiger partial charge in [0.1, 0.15) is 0 Å². The van der Waals surface area contributed by atoms with E-state index in [0.717, 1.165) is 26.0 Å². The Kier molecular flexibility index (Phi) is 4.54. The van der Waals surface area contributed by atoms with Crippen molar-refractivity contribution in [3.8, 4) is 0 Å². The third-order valence-corrected chi connectivity index (χ3v) is 2.76. The zero-order valence-corrected chi connectivity index (χ0v) is 9.93. The molecule has 0 aromatic heterocycles. The molecule has 1 amide bonds. The lowest BCUT2D eigenvalue weighted by Gasteiger charge is -2.35. The topological polar surface area (TPSA) is 50.4 Å². The number of hydrogen-bond acceptors (Lipinski definition) is 3. The predicted molar refractivity (Wildman–Crippen MR) is 59.7 cm³/mol. The first-order valence-corrected chi connectivity index (χ1v) is 5.61. The van der Waals surface area contributed by atoms with Gasteiger partial charge in [-0.3, -0.25) is 4.79 Å². The Morgan fingerprint density at radius 3 is 2.87 bits per heavy atom. The molecule has 1 rings (SSSR count). The largest absolute Gasteiger partial charge is 0.375 e. The number of amides is 1. The van der Waals surface area contributed by atoms with Crippen LogP contribution in [0.25, 0.3) is 0 Å². The van der Waals surface area contributed by atoms with E-state index in [1.54, 1.807) is 7.05 Å². The molecule has 1 atom stereocenters. The summed E-state index contributed by atoms with van der Waals surface area (Å²) in [6, 6.07) is 0.485. The normalized spacial score (nSPS) is 24.9. The van der Waals surface area contributed by atoms with E-state index in [-0.39, 0.29) is 11.5 Å². The molecular weight excluding hydrogens is 192 g/mol. The molecule has 0 saturated carbocycles. The number of hydrogen-bond donors (Lipinski definition) is 2. The maximum Gasteiger partial charge on any atom is 0.221 e. The van der Waals surface area contributed by atoms with Gasteiger partial charge in [-0.1, -0.05) is 0 Å². The average Bonchev–Trinajstić information content (AvgIpc) is 2.16. The molecule has 0 radical (unpaired) electrons. The molecule has 1 unspecified atom stereocenters. The summed E-state index contributed by atoms with van der Waals surface area (Å²) in [5, 5.41) is 6.02. The van der Waals surface area contributed by atoms with E-state index >= 15 is 0 Å². The van der Waals surface area contributed by atoms with Crippen LogP contribution in [0.3, 0.4) is 0 Å². The molecule has 0 aromatic rings. The summed E-state index contributed by atoms with van der Waals surface area (Å²) < 4.78 is 5.62. The molecule has 0 spiro atoms. The molecule has 4 heteroatoms. The Morgan fingerprint density at radius 1 is 1.53 bits per heavy atom. The minimum absolute atomic E-state index is 0.0249. The fourth-order valence-electron chi connectivity index (χ4n) is 1.92. The van der Waals surface area contributed by atoms with Crippen molar-refractivity contribution in [2.75, 3.05) is 20.2 Å². The maximum absolute atomic E-state index is 11.0. The Morgan fingerprint density at radius 2 is 2.27 bits per heavy atom. The van der Waals surface area contributed by atoms with Crippen LogP contribution in [0, 0.1) is 0 Å². The van der Waals surface area contributed by atoms with Crippen molar-refractivity contribution >= 4 is 5.91 Å². The summed E-state index contributed by atoms with van der Waals surface area (Å²) in [7, 11) is 1.67. The summed E-state index contributed by atoms with van der Waals surface area (Å²) in [4.78, 5) is 11.0. The van der Waals surface area contributed by atoms with E-state index in [2.05, 4.69) is 24.5 Å². The van der Waals surface area contributed by atoms with E-state index < -0.39 is 0 Å². The van der Waals surface area contributed by atoms with Crippen LogP contribution in [-0.4, -0.2) is 37.7 Å². The maximum atomic E-state index is 11.0. The molecule has 4 nitrogen and oxygen atoms in total. The Balaban J connectivity index is 2.18. The highest BCUT2D eigenvalue weighted by atomic mass is 16.5. The second kappa shape index (κ2) is 5.47. The second-order valence-electron chi connectivity index (χ2n) is 4.68. The fraction of sp³-hybridized carbons (Fsp3) is 0.909. The summed E-state index contributed by atoms with van der Waals surface area (Å²) in [6.45, 7) is 5.78. The third-order valence-electron chi connectivity index (χ3n) is 2.76. The first-order valence-electron chi connectivity index (χ1n) is 5.61. The number of rotatable bonds is 4. The van der Waals surface area contributed by atoms with Gasteiger partial charge in [0.25, 0.3) is 0 Å². The van der Waals surface area contributed by atoms with Crippen LogP contribution in [0.2, 0.25) is 0 Å². The van der Waals surface area contributed by atoms with Crippen molar-refractivity contribution < 1.29 is 9.53 Å². The lowest BCUT2D eigenvalue weighted by atomic mass is 9.94. The van der Waals surface area contributed by atoms with Gasteiger partial charge in [0.05, 0.1) is 5.60 Å². The van der Waals surface area contributed by atoms with Gasteiger partial charge in [-0.15, -0.1) is 0 Å². The zero-order valence-electron chi connectivity index (χ0n) is 9.93. The molecule has 0 bridgehead atoms. The second-order valence-corrected chi connectivity index (χ2v) is 4.68. The van der Waals surface area contributed by atoms with Gasteiger partial charge in [-0.2, -0.15) is 0 Å². The molecule has 15 heavy (non-hydrogen) atoms. The van der Waals surface area contributed by atoms with Crippen molar-refractivity contribution in [3.63, 3.8) is 0 Å². The van der Waals surface area contributed by atoms with Gasteiger partial charge in [0, 0.05) is 32.7 Å². The van der Waals surface area contributed by atoms with E-state index in [4.69, 9.17) is 4.74 Å². The molecule has 1 heterocycles. The SMILES string of the molecule is CNC(=O)CCNC1CCOC(C)(C)C1. The molecule has 0 aromatic carbocycles. The van der Waals surface area contributed by atoms with Crippen molar-refractivity contribution in [1.82, 2.24) is 10.6 Å². The molecule has 0 aliphatic carbocycles. The Hall–Kier alpha value is -0.610. The van der Waals surface area contributed by atoms with Crippen LogP contribution in [0.5, 0.6) is 0 Å². The van der Waals surface area contributed by atoms with E-state index in [1.807, 2.05) is 0 Å². The summed E-state index contributed by atoms with van der Waals surface area (Å²) in [6.07, 6.45) is 2.60. The third kappa shape index (κ3) is 4.62. The molecule has 88 valence electrons. The molecule has 1 saturated heterocycles. The fourth-order valence-corrected chi connectivity index (χ4v) is 1.92. The molecular formula is C11H22N2O2. The predicted octanol–water partition coefficient (Wildman–Crippen LogP) is 0.670. The summed E-state index contributed by atoms with van der Waals surface area (Å²) in [5.41, 5.74) is -0.0249. The van der Waals surface area contributed by atoms with Crippen molar-refractivity contribution in [2.24, 2.45) is 0 Å². The minimum Gasteiger partial charge on any atom is -0.375 e. The minimum atomic E-state index is -0.0249. The van der Waals surface area contributed by atoms with Crippen LogP contribution >= 0.6 is 0 Å². The van der Waals surface area contributed by atoms with Crippen molar-refractivity contribution in [1.29, 1.82) is 0 Å². The van der Waals surface area contributed by atoms with Crippen LogP contribution in [0.15, 0.2) is 0 Å². The van der Waals surface area contributed by atoms with Gasteiger partial charge >= 0.3 is 0 Å². The van der Waals surface area contributed by atoms with Crippen LogP contribution in [-0.2, 0) is 9.53 Å². The zero-order chi connectivity index (χ0) is 11.3. The van der Waals surface area contributed by atoms with Gasteiger partial charge in [0.15, 0.2) is 0 Å². The van der Waals surface area contributed by atoms with Crippen LogP contribution in [0.1, 0.15) is 33.1 Å². The smallest absolute Gasteiger partial charge is 0.221 e. The highest BCUT2D eigenvalue weighted by Crippen LogP contribution is 2.23. The molecule has 1 fully saturated rings. The first kappa shape index (κ1) is 12.5. The van der Waals surface area contributed by atoms with Gasteiger partial charge in [-0.25, -0.2) is 0 Å². The summed E-state index contributed by atoms with van der Waals surface area (Å²) >= 11 is 0.